The number of carbonyl (C=O) groups is 2. The van der Waals surface area contributed by atoms with Crippen molar-refractivity contribution in [1.82, 2.24) is 0 Å². The lowest BCUT2D eigenvalue weighted by Gasteiger charge is -2.15. The minimum Gasteiger partial charge on any atom is -0.478 e. The zero-order chi connectivity index (χ0) is 11.3. The van der Waals surface area contributed by atoms with Crippen LogP contribution in [0.4, 0.5) is 0 Å². The van der Waals surface area contributed by atoms with E-state index in [1.54, 1.807) is 0 Å². The Hall–Kier alpha value is -1.58. The maximum Gasteiger partial charge on any atom is 0.331 e. The summed E-state index contributed by atoms with van der Waals surface area (Å²) in [5, 5.41) is 16.2. The number of hydrogen-bond donors (Lipinski definition) is 2. The van der Waals surface area contributed by atoms with Crippen molar-refractivity contribution in [3.05, 3.63) is 23.3 Å². The monoisotopic (exact) mass is 198 g/mol. The van der Waals surface area contributed by atoms with Crippen molar-refractivity contribution >= 4 is 11.9 Å². The summed E-state index contributed by atoms with van der Waals surface area (Å²) < 4.78 is 0. The summed E-state index contributed by atoms with van der Waals surface area (Å²) in [5.74, 6) is -1.68. The Morgan fingerprint density at radius 3 is 1.71 bits per heavy atom. The molecule has 0 spiro atoms. The van der Waals surface area contributed by atoms with E-state index in [0.29, 0.717) is 5.57 Å². The fraction of sp³-hybridized carbons (Fsp3) is 0.400. The van der Waals surface area contributed by atoms with Crippen molar-refractivity contribution < 1.29 is 19.8 Å². The van der Waals surface area contributed by atoms with E-state index in [1.165, 1.54) is 6.92 Å². The maximum atomic E-state index is 10.1. The fourth-order valence-electron chi connectivity index (χ4n) is 0.789. The number of rotatable bonds is 2. The van der Waals surface area contributed by atoms with Gasteiger partial charge < -0.3 is 10.2 Å². The predicted octanol–water partition coefficient (Wildman–Crippen LogP) is 1.83. The van der Waals surface area contributed by atoms with E-state index in [1.807, 2.05) is 6.92 Å². The van der Waals surface area contributed by atoms with Gasteiger partial charge >= 0.3 is 11.9 Å². The van der Waals surface area contributed by atoms with Gasteiger partial charge in [-0.1, -0.05) is 12.2 Å². The van der Waals surface area contributed by atoms with Gasteiger partial charge in [0.05, 0.1) is 0 Å². The van der Waals surface area contributed by atoms with Gasteiger partial charge in [0.15, 0.2) is 0 Å². The zero-order valence-corrected chi connectivity index (χ0v) is 8.33. The number of carboxylic acids is 2. The molecule has 4 nitrogen and oxygen atoms in total. The van der Waals surface area contributed by atoms with Crippen LogP contribution in [-0.2, 0) is 9.59 Å². The number of allylic oxidation sites excluding steroid dienone is 1. The lowest BCUT2D eigenvalue weighted by atomic mass is 9.90. The molecule has 0 fully saturated rings. The van der Waals surface area contributed by atoms with E-state index in [9.17, 15) is 9.59 Å². The van der Waals surface area contributed by atoms with Crippen LogP contribution in [0.1, 0.15) is 26.7 Å². The predicted molar refractivity (Wildman–Crippen MR) is 52.0 cm³/mol. The van der Waals surface area contributed by atoms with Crippen molar-refractivity contribution in [2.75, 3.05) is 0 Å². The lowest BCUT2D eigenvalue weighted by molar-refractivity contribution is -0.133. The highest BCUT2D eigenvalue weighted by Crippen LogP contribution is 2.26. The van der Waals surface area contributed by atoms with E-state index < -0.39 is 11.9 Å². The summed E-state index contributed by atoms with van der Waals surface area (Å²) >= 11 is 0. The lowest BCUT2D eigenvalue weighted by Crippen LogP contribution is -2.10. The van der Waals surface area contributed by atoms with Gasteiger partial charge in [-0.2, -0.15) is 0 Å². The van der Waals surface area contributed by atoms with E-state index in [-0.39, 0.29) is 5.57 Å². The molecule has 0 aromatic rings. The third kappa shape index (κ3) is 3.89. The summed E-state index contributed by atoms with van der Waals surface area (Å²) in [7, 11) is 0. The summed E-state index contributed by atoms with van der Waals surface area (Å²) in [6, 6.07) is 0. The Balaban J connectivity index is 0.000000255. The molecule has 0 unspecified atom stereocenters. The van der Waals surface area contributed by atoms with Crippen molar-refractivity contribution in [3.8, 4) is 0 Å². The molecule has 1 aliphatic carbocycles. The highest BCUT2D eigenvalue weighted by Gasteiger charge is 2.18. The molecule has 0 aliphatic heterocycles. The molecule has 0 atom stereocenters. The average molecular weight is 198 g/mol. The Bertz CT molecular complexity index is 287. The van der Waals surface area contributed by atoms with Crippen LogP contribution in [0, 0.1) is 0 Å². The smallest absolute Gasteiger partial charge is 0.331 e. The second-order valence-electron chi connectivity index (χ2n) is 3.15. The molecule has 0 aromatic heterocycles. The molecule has 0 bridgehead atoms. The van der Waals surface area contributed by atoms with Crippen LogP contribution in [0.25, 0.3) is 0 Å². The Kier molecular flexibility index (Phi) is 4.63. The van der Waals surface area contributed by atoms with Crippen LogP contribution in [-0.4, -0.2) is 22.2 Å². The second-order valence-corrected chi connectivity index (χ2v) is 3.15. The molecule has 1 rings (SSSR count). The molecule has 0 saturated carbocycles. The molecule has 0 saturated heterocycles. The van der Waals surface area contributed by atoms with Gasteiger partial charge in [-0.15, -0.1) is 0 Å². The van der Waals surface area contributed by atoms with Gasteiger partial charge in [-0.05, 0) is 26.7 Å². The van der Waals surface area contributed by atoms with Crippen molar-refractivity contribution in [1.29, 1.82) is 0 Å². The molecule has 0 radical (unpaired) electrons. The largest absolute Gasteiger partial charge is 0.478 e. The average Bonchev–Trinajstić information content (AvgIpc) is 2.01. The van der Waals surface area contributed by atoms with E-state index >= 15 is 0 Å². The fourth-order valence-corrected chi connectivity index (χ4v) is 0.789. The Morgan fingerprint density at radius 1 is 1.29 bits per heavy atom. The summed E-state index contributed by atoms with van der Waals surface area (Å²) in [6.07, 6.45) is 1.74. The van der Waals surface area contributed by atoms with Crippen molar-refractivity contribution in [2.24, 2.45) is 0 Å². The van der Waals surface area contributed by atoms with Gasteiger partial charge in [0.2, 0.25) is 0 Å². The standard InChI is InChI=1S/C6H8O2.C4H6O2/c1-4-2-3-5(4)6(7)8;1-3(2)4(5)6/h2-3H2,1H3,(H,7,8);1H2,2H3,(H,5,6). The quantitative estimate of drug-likeness (QED) is 0.664. The highest BCUT2D eigenvalue weighted by atomic mass is 16.4. The molecule has 1 aliphatic rings. The van der Waals surface area contributed by atoms with Crippen molar-refractivity contribution in [3.63, 3.8) is 0 Å². The number of aliphatic carboxylic acids is 2. The molecular formula is C10H14O4. The Labute approximate surface area is 82.6 Å². The summed E-state index contributed by atoms with van der Waals surface area (Å²) in [5.41, 5.74) is 1.83. The maximum absolute atomic E-state index is 10.1. The molecular weight excluding hydrogens is 184 g/mol. The van der Waals surface area contributed by atoms with Gasteiger partial charge in [-0.25, -0.2) is 9.59 Å². The molecule has 0 aromatic carbocycles. The Morgan fingerprint density at radius 2 is 1.71 bits per heavy atom. The highest BCUT2D eigenvalue weighted by molar-refractivity contribution is 5.89. The first-order valence-corrected chi connectivity index (χ1v) is 4.17. The van der Waals surface area contributed by atoms with Gasteiger partial charge in [0.1, 0.15) is 0 Å². The second kappa shape index (κ2) is 5.21. The SMILES string of the molecule is C=C(C)C(=O)O.CC1=C(C(=O)O)CC1. The van der Waals surface area contributed by atoms with Crippen LogP contribution in [0.3, 0.4) is 0 Å². The van der Waals surface area contributed by atoms with Crippen LogP contribution in [0.15, 0.2) is 23.3 Å². The molecule has 0 amide bonds. The zero-order valence-electron chi connectivity index (χ0n) is 8.33. The van der Waals surface area contributed by atoms with E-state index in [0.717, 1.165) is 18.4 Å². The first-order chi connectivity index (χ1) is 6.36. The number of hydrogen-bond acceptors (Lipinski definition) is 2. The summed E-state index contributed by atoms with van der Waals surface area (Å²) in [4.78, 5) is 19.7. The third-order valence-electron chi connectivity index (χ3n) is 1.89. The third-order valence-corrected chi connectivity index (χ3v) is 1.89. The summed E-state index contributed by atoms with van der Waals surface area (Å²) in [6.45, 7) is 6.47. The van der Waals surface area contributed by atoms with Crippen molar-refractivity contribution in [2.45, 2.75) is 26.7 Å². The van der Waals surface area contributed by atoms with Gasteiger partial charge in [0.25, 0.3) is 0 Å². The normalized spacial score (nSPS) is 13.6. The number of carboxylic acid groups (broad SMARTS) is 2. The van der Waals surface area contributed by atoms with Crippen LogP contribution < -0.4 is 0 Å². The molecule has 4 heteroatoms. The van der Waals surface area contributed by atoms with E-state index in [2.05, 4.69) is 6.58 Å². The molecule has 0 heterocycles. The van der Waals surface area contributed by atoms with Crippen LogP contribution in [0.5, 0.6) is 0 Å². The van der Waals surface area contributed by atoms with Crippen LogP contribution in [0.2, 0.25) is 0 Å². The molecule has 78 valence electrons. The topological polar surface area (TPSA) is 74.6 Å². The minimum absolute atomic E-state index is 0.176. The molecule has 14 heavy (non-hydrogen) atoms. The van der Waals surface area contributed by atoms with Gasteiger partial charge in [-0.3, -0.25) is 0 Å². The first kappa shape index (κ1) is 12.4. The molecule has 2 N–H and O–H groups in total. The van der Waals surface area contributed by atoms with Gasteiger partial charge in [0, 0.05) is 11.1 Å². The first-order valence-electron chi connectivity index (χ1n) is 4.17. The van der Waals surface area contributed by atoms with Crippen LogP contribution >= 0.6 is 0 Å². The van der Waals surface area contributed by atoms with E-state index in [4.69, 9.17) is 10.2 Å². The minimum atomic E-state index is -0.935.